The molecule has 0 atom stereocenters. The lowest BCUT2D eigenvalue weighted by atomic mass is 10.1. The van der Waals surface area contributed by atoms with Crippen molar-refractivity contribution in [3.05, 3.63) is 97.5 Å². The minimum atomic E-state index is -0.696. The van der Waals surface area contributed by atoms with Gasteiger partial charge in [0.25, 0.3) is 5.69 Å². The van der Waals surface area contributed by atoms with E-state index in [0.29, 0.717) is 16.5 Å². The highest BCUT2D eigenvalue weighted by Crippen LogP contribution is 2.29. The fourth-order valence-electron chi connectivity index (χ4n) is 2.65. The van der Waals surface area contributed by atoms with Crippen molar-refractivity contribution in [1.29, 1.82) is 0 Å². The van der Waals surface area contributed by atoms with Crippen LogP contribution in [0.1, 0.15) is 5.56 Å². The second-order valence-corrected chi connectivity index (χ2v) is 7.84. The third-order valence-corrected chi connectivity index (χ3v) is 5.59. The highest BCUT2D eigenvalue weighted by Gasteiger charge is 2.19. The molecule has 11 heteroatoms. The molecule has 32 heavy (non-hydrogen) atoms. The highest BCUT2D eigenvalue weighted by molar-refractivity contribution is 8.00. The van der Waals surface area contributed by atoms with E-state index in [0.717, 1.165) is 22.3 Å². The summed E-state index contributed by atoms with van der Waals surface area (Å²) in [7, 11) is 1.59. The number of rotatable bonds is 9. The number of nitro groups is 2. The van der Waals surface area contributed by atoms with Crippen molar-refractivity contribution >= 4 is 46.1 Å². The SMILES string of the molecule is COc1ccc(SC/C(=N\Nc2ccc([N+](=O)[O-])cc2[N+](=O)[O-])c2ccc(Cl)cc2)cc1. The van der Waals surface area contributed by atoms with E-state index in [2.05, 4.69) is 10.5 Å². The van der Waals surface area contributed by atoms with Gasteiger partial charge in [-0.2, -0.15) is 5.10 Å². The molecule has 0 bridgehead atoms. The third kappa shape index (κ3) is 5.96. The Balaban J connectivity index is 1.88. The maximum absolute atomic E-state index is 11.4. The van der Waals surface area contributed by atoms with Gasteiger partial charge in [-0.05, 0) is 48.0 Å². The van der Waals surface area contributed by atoms with Gasteiger partial charge in [-0.1, -0.05) is 23.7 Å². The Labute approximate surface area is 192 Å². The summed E-state index contributed by atoms with van der Waals surface area (Å²) in [5, 5.41) is 27.2. The van der Waals surface area contributed by atoms with E-state index in [4.69, 9.17) is 16.3 Å². The van der Waals surface area contributed by atoms with Crippen LogP contribution in [-0.2, 0) is 0 Å². The Hall–Kier alpha value is -3.63. The quantitative estimate of drug-likeness (QED) is 0.181. The smallest absolute Gasteiger partial charge is 0.301 e. The molecule has 0 fully saturated rings. The summed E-state index contributed by atoms with van der Waals surface area (Å²) in [6, 6.07) is 17.9. The van der Waals surface area contributed by atoms with Crippen LogP contribution < -0.4 is 10.2 Å². The summed E-state index contributed by atoms with van der Waals surface area (Å²) >= 11 is 7.50. The standard InChI is InChI=1S/C21H17ClN4O5S/c1-31-17-7-9-18(10-8-17)32-13-20(14-2-4-15(22)5-3-14)24-23-19-11-6-16(25(27)28)12-21(19)26(29)30/h2-12,23H,13H2,1H3/b24-20+. The second kappa shape index (κ2) is 10.6. The Kier molecular flexibility index (Phi) is 7.63. The predicted octanol–water partition coefficient (Wildman–Crippen LogP) is 5.77. The van der Waals surface area contributed by atoms with E-state index in [1.165, 1.54) is 23.9 Å². The van der Waals surface area contributed by atoms with Gasteiger partial charge in [0.1, 0.15) is 11.4 Å². The van der Waals surface area contributed by atoms with Crippen molar-refractivity contribution in [2.24, 2.45) is 5.10 Å². The van der Waals surface area contributed by atoms with Gasteiger partial charge in [0, 0.05) is 21.7 Å². The molecule has 3 aromatic rings. The lowest BCUT2D eigenvalue weighted by Gasteiger charge is -2.09. The Morgan fingerprint density at radius 2 is 1.72 bits per heavy atom. The molecule has 0 spiro atoms. The number of hydrogen-bond donors (Lipinski definition) is 1. The van der Waals surface area contributed by atoms with Crippen LogP contribution in [0.25, 0.3) is 0 Å². The number of hydrogen-bond acceptors (Lipinski definition) is 8. The molecule has 164 valence electrons. The number of hydrazone groups is 1. The predicted molar refractivity (Wildman–Crippen MR) is 125 cm³/mol. The van der Waals surface area contributed by atoms with Gasteiger partial charge in [-0.3, -0.25) is 25.7 Å². The Bertz CT molecular complexity index is 1150. The zero-order valence-electron chi connectivity index (χ0n) is 16.7. The molecule has 0 aromatic heterocycles. The van der Waals surface area contributed by atoms with Crippen LogP contribution in [-0.4, -0.2) is 28.4 Å². The van der Waals surface area contributed by atoms with E-state index < -0.39 is 15.5 Å². The van der Waals surface area contributed by atoms with Crippen molar-refractivity contribution in [1.82, 2.24) is 0 Å². The molecule has 0 radical (unpaired) electrons. The fourth-order valence-corrected chi connectivity index (χ4v) is 3.64. The van der Waals surface area contributed by atoms with Crippen LogP contribution in [0.2, 0.25) is 5.02 Å². The molecular formula is C21H17ClN4O5S. The molecule has 0 unspecified atom stereocenters. The molecule has 9 nitrogen and oxygen atoms in total. The zero-order valence-corrected chi connectivity index (χ0v) is 18.3. The number of anilines is 1. The van der Waals surface area contributed by atoms with Crippen LogP contribution in [0.15, 0.2) is 76.7 Å². The summed E-state index contributed by atoms with van der Waals surface area (Å²) in [5.41, 5.74) is 3.29. The number of ether oxygens (including phenoxy) is 1. The average Bonchev–Trinajstić information content (AvgIpc) is 2.80. The molecule has 0 aliphatic rings. The van der Waals surface area contributed by atoms with Gasteiger partial charge in [-0.15, -0.1) is 11.8 Å². The number of nitro benzene ring substituents is 2. The fraction of sp³-hybridized carbons (Fsp3) is 0.0952. The highest BCUT2D eigenvalue weighted by atomic mass is 35.5. The van der Waals surface area contributed by atoms with Crippen molar-refractivity contribution < 1.29 is 14.6 Å². The number of nitrogens with one attached hydrogen (secondary N) is 1. The van der Waals surface area contributed by atoms with Crippen LogP contribution in [0.3, 0.4) is 0 Å². The summed E-state index contributed by atoms with van der Waals surface area (Å²) in [4.78, 5) is 21.9. The first kappa shape index (κ1) is 23.0. The first-order chi connectivity index (χ1) is 15.4. The van der Waals surface area contributed by atoms with Crippen molar-refractivity contribution in [2.75, 3.05) is 18.3 Å². The number of benzene rings is 3. The van der Waals surface area contributed by atoms with Crippen LogP contribution in [0, 0.1) is 20.2 Å². The first-order valence-corrected chi connectivity index (χ1v) is 10.5. The molecule has 0 aliphatic carbocycles. The minimum Gasteiger partial charge on any atom is -0.497 e. The summed E-state index contributed by atoms with van der Waals surface area (Å²) < 4.78 is 5.16. The maximum atomic E-state index is 11.4. The average molecular weight is 473 g/mol. The van der Waals surface area contributed by atoms with E-state index >= 15 is 0 Å². The Morgan fingerprint density at radius 1 is 1.03 bits per heavy atom. The Morgan fingerprint density at radius 3 is 2.31 bits per heavy atom. The zero-order chi connectivity index (χ0) is 23.1. The minimum absolute atomic E-state index is 0.0431. The first-order valence-electron chi connectivity index (χ1n) is 9.15. The van der Waals surface area contributed by atoms with Gasteiger partial charge in [0.2, 0.25) is 0 Å². The summed E-state index contributed by atoms with van der Waals surface area (Å²) in [6.07, 6.45) is 0. The number of nitrogens with zero attached hydrogens (tertiary/aromatic N) is 3. The van der Waals surface area contributed by atoms with Gasteiger partial charge >= 0.3 is 5.69 Å². The lowest BCUT2D eigenvalue weighted by Crippen LogP contribution is -2.08. The second-order valence-electron chi connectivity index (χ2n) is 6.36. The number of thioether (sulfide) groups is 1. The third-order valence-electron chi connectivity index (χ3n) is 4.31. The van der Waals surface area contributed by atoms with Gasteiger partial charge in [-0.25, -0.2) is 0 Å². The van der Waals surface area contributed by atoms with Crippen LogP contribution in [0.5, 0.6) is 5.75 Å². The molecular weight excluding hydrogens is 456 g/mol. The van der Waals surface area contributed by atoms with E-state index in [-0.39, 0.29) is 11.4 Å². The molecule has 0 heterocycles. The van der Waals surface area contributed by atoms with Crippen LogP contribution in [0.4, 0.5) is 17.1 Å². The molecule has 0 amide bonds. The maximum Gasteiger partial charge on any atom is 0.301 e. The molecule has 0 aliphatic heterocycles. The van der Waals surface area contributed by atoms with Crippen LogP contribution >= 0.6 is 23.4 Å². The largest absolute Gasteiger partial charge is 0.497 e. The number of halogens is 1. The van der Waals surface area contributed by atoms with Crippen molar-refractivity contribution in [2.45, 2.75) is 4.90 Å². The summed E-state index contributed by atoms with van der Waals surface area (Å²) in [5.74, 6) is 1.19. The molecule has 0 saturated heterocycles. The molecule has 1 N–H and O–H groups in total. The van der Waals surface area contributed by atoms with E-state index in [9.17, 15) is 20.2 Å². The normalized spacial score (nSPS) is 11.1. The number of methoxy groups -OCH3 is 1. The molecule has 3 aromatic carbocycles. The molecule has 0 saturated carbocycles. The molecule has 3 rings (SSSR count). The van der Waals surface area contributed by atoms with Crippen molar-refractivity contribution in [3.63, 3.8) is 0 Å². The lowest BCUT2D eigenvalue weighted by molar-refractivity contribution is -0.393. The number of non-ortho nitro benzene ring substituents is 1. The van der Waals surface area contributed by atoms with Gasteiger partial charge < -0.3 is 4.74 Å². The van der Waals surface area contributed by atoms with E-state index in [1.54, 1.807) is 31.4 Å². The topological polar surface area (TPSA) is 120 Å². The van der Waals surface area contributed by atoms with Crippen molar-refractivity contribution in [3.8, 4) is 5.75 Å². The summed E-state index contributed by atoms with van der Waals surface area (Å²) in [6.45, 7) is 0. The monoisotopic (exact) mass is 472 g/mol. The van der Waals surface area contributed by atoms with Gasteiger partial charge in [0.05, 0.1) is 28.7 Å². The van der Waals surface area contributed by atoms with E-state index in [1.807, 2.05) is 24.3 Å². The van der Waals surface area contributed by atoms with Gasteiger partial charge in [0.15, 0.2) is 0 Å².